The number of aromatic nitrogens is 1. The van der Waals surface area contributed by atoms with Crippen LogP contribution in [0.5, 0.6) is 0 Å². The average Bonchev–Trinajstić information content (AvgIpc) is 2.54. The molecule has 6 heteroatoms. The van der Waals surface area contributed by atoms with E-state index in [1.54, 1.807) is 26.8 Å². The molecule has 0 saturated heterocycles. The van der Waals surface area contributed by atoms with Gasteiger partial charge in [-0.1, -0.05) is 0 Å². The molecule has 1 aromatic heterocycles. The summed E-state index contributed by atoms with van der Waals surface area (Å²) in [6.45, 7) is 4.97. The highest BCUT2D eigenvalue weighted by atomic mass is 35.5. The van der Waals surface area contributed by atoms with Crippen molar-refractivity contribution in [2.24, 2.45) is 0 Å². The van der Waals surface area contributed by atoms with Crippen molar-refractivity contribution in [2.75, 3.05) is 0 Å². The van der Waals surface area contributed by atoms with Gasteiger partial charge in [0.1, 0.15) is 5.52 Å². The SMILES string of the molecule is CC(C)(C)S(=O)(=O)c1ccc2oc(Cl)nc2c1. The molecule has 4 nitrogen and oxygen atoms in total. The summed E-state index contributed by atoms with van der Waals surface area (Å²) in [6.07, 6.45) is 0. The molecule has 0 spiro atoms. The monoisotopic (exact) mass is 273 g/mol. The molecule has 0 unspecified atom stereocenters. The van der Waals surface area contributed by atoms with Crippen molar-refractivity contribution >= 4 is 32.5 Å². The van der Waals surface area contributed by atoms with E-state index >= 15 is 0 Å². The third kappa shape index (κ3) is 2.05. The van der Waals surface area contributed by atoms with E-state index in [9.17, 15) is 8.42 Å². The molecule has 0 atom stereocenters. The van der Waals surface area contributed by atoms with Gasteiger partial charge in [-0.25, -0.2) is 8.42 Å². The highest BCUT2D eigenvalue weighted by Gasteiger charge is 2.31. The van der Waals surface area contributed by atoms with Crippen LogP contribution in [0.2, 0.25) is 5.35 Å². The zero-order valence-corrected chi connectivity index (χ0v) is 11.3. The predicted octanol–water partition coefficient (Wildman–Crippen LogP) is 3.05. The molecule has 0 N–H and O–H groups in total. The summed E-state index contributed by atoms with van der Waals surface area (Å²) in [5.41, 5.74) is 0.920. The molecular formula is C11H12ClNO3S. The summed E-state index contributed by atoms with van der Waals surface area (Å²) in [5, 5.41) is 0.00491. The van der Waals surface area contributed by atoms with Crippen LogP contribution < -0.4 is 0 Å². The molecule has 0 amide bonds. The lowest BCUT2D eigenvalue weighted by Crippen LogP contribution is -2.27. The lowest BCUT2D eigenvalue weighted by atomic mass is 10.3. The Balaban J connectivity index is 2.65. The van der Waals surface area contributed by atoms with Gasteiger partial charge < -0.3 is 4.42 Å². The lowest BCUT2D eigenvalue weighted by Gasteiger charge is -2.18. The van der Waals surface area contributed by atoms with E-state index in [0.717, 1.165) is 0 Å². The van der Waals surface area contributed by atoms with Crippen LogP contribution in [-0.4, -0.2) is 18.1 Å². The number of sulfone groups is 1. The number of hydrogen-bond donors (Lipinski definition) is 0. The van der Waals surface area contributed by atoms with Crippen molar-refractivity contribution in [3.63, 3.8) is 0 Å². The minimum atomic E-state index is -3.38. The van der Waals surface area contributed by atoms with E-state index in [2.05, 4.69) is 4.98 Å². The van der Waals surface area contributed by atoms with Crippen molar-refractivity contribution in [1.29, 1.82) is 0 Å². The quantitative estimate of drug-likeness (QED) is 0.801. The second kappa shape index (κ2) is 3.71. The summed E-state index contributed by atoms with van der Waals surface area (Å²) in [7, 11) is -3.38. The minimum absolute atomic E-state index is 0.00491. The van der Waals surface area contributed by atoms with Gasteiger partial charge in [0, 0.05) is 0 Å². The van der Waals surface area contributed by atoms with Crippen LogP contribution in [0.15, 0.2) is 27.5 Å². The molecule has 0 radical (unpaired) electrons. The van der Waals surface area contributed by atoms with Crippen molar-refractivity contribution in [3.8, 4) is 0 Å². The van der Waals surface area contributed by atoms with Gasteiger partial charge in [-0.3, -0.25) is 0 Å². The molecule has 0 bridgehead atoms. The van der Waals surface area contributed by atoms with Gasteiger partial charge in [0.05, 0.1) is 9.64 Å². The van der Waals surface area contributed by atoms with Crippen LogP contribution in [0.1, 0.15) is 20.8 Å². The van der Waals surface area contributed by atoms with E-state index in [1.807, 2.05) is 0 Å². The van der Waals surface area contributed by atoms with Gasteiger partial charge >= 0.3 is 0 Å². The zero-order chi connectivity index (χ0) is 12.8. The maximum atomic E-state index is 12.2. The number of hydrogen-bond acceptors (Lipinski definition) is 4. The average molecular weight is 274 g/mol. The molecule has 0 aliphatic rings. The molecule has 1 aromatic carbocycles. The Kier molecular flexibility index (Phi) is 2.71. The fourth-order valence-corrected chi connectivity index (χ4v) is 2.80. The number of nitrogens with zero attached hydrogens (tertiary/aromatic N) is 1. The second-order valence-corrected chi connectivity index (χ2v) is 7.74. The van der Waals surface area contributed by atoms with E-state index < -0.39 is 14.6 Å². The van der Waals surface area contributed by atoms with Crippen LogP contribution in [0.3, 0.4) is 0 Å². The van der Waals surface area contributed by atoms with Crippen LogP contribution in [0.4, 0.5) is 0 Å². The number of halogens is 1. The molecule has 17 heavy (non-hydrogen) atoms. The second-order valence-electron chi connectivity index (χ2n) is 4.71. The molecule has 0 aliphatic heterocycles. The van der Waals surface area contributed by atoms with Crippen LogP contribution >= 0.6 is 11.6 Å². The van der Waals surface area contributed by atoms with Crippen LogP contribution in [0.25, 0.3) is 11.1 Å². The fraction of sp³-hybridized carbons (Fsp3) is 0.364. The van der Waals surface area contributed by atoms with Crippen LogP contribution in [0, 0.1) is 0 Å². The summed E-state index contributed by atoms with van der Waals surface area (Å²) >= 11 is 5.61. The first-order chi connectivity index (χ1) is 7.72. The standard InChI is InChI=1S/C11H12ClNO3S/c1-11(2,3)17(14,15)7-4-5-9-8(6-7)13-10(12)16-9/h4-6H,1-3H3. The largest absolute Gasteiger partial charge is 0.428 e. The first-order valence-electron chi connectivity index (χ1n) is 5.02. The Morgan fingerprint density at radius 2 is 1.94 bits per heavy atom. The van der Waals surface area contributed by atoms with Crippen LogP contribution in [-0.2, 0) is 9.84 Å². The molecule has 2 rings (SSSR count). The van der Waals surface area contributed by atoms with Gasteiger partial charge in [-0.15, -0.1) is 0 Å². The van der Waals surface area contributed by atoms with Crippen molar-refractivity contribution in [3.05, 3.63) is 23.5 Å². The zero-order valence-electron chi connectivity index (χ0n) is 9.69. The minimum Gasteiger partial charge on any atom is -0.428 e. The van der Waals surface area contributed by atoms with Gasteiger partial charge in [-0.05, 0) is 50.6 Å². The number of rotatable bonds is 1. The van der Waals surface area contributed by atoms with E-state index in [1.165, 1.54) is 12.1 Å². The number of benzene rings is 1. The maximum absolute atomic E-state index is 12.2. The molecule has 92 valence electrons. The molecule has 2 aromatic rings. The van der Waals surface area contributed by atoms with Crippen molar-refractivity contribution < 1.29 is 12.8 Å². The maximum Gasteiger partial charge on any atom is 0.293 e. The molecule has 0 saturated carbocycles. The molecule has 0 aliphatic carbocycles. The van der Waals surface area contributed by atoms with Gasteiger partial charge in [-0.2, -0.15) is 4.98 Å². The normalized spacial score (nSPS) is 13.2. The van der Waals surface area contributed by atoms with E-state index in [0.29, 0.717) is 11.1 Å². The Morgan fingerprint density at radius 3 is 2.53 bits per heavy atom. The third-order valence-electron chi connectivity index (χ3n) is 2.45. The number of fused-ring (bicyclic) bond motifs is 1. The molecular weight excluding hydrogens is 262 g/mol. The van der Waals surface area contributed by atoms with E-state index in [4.69, 9.17) is 16.0 Å². The van der Waals surface area contributed by atoms with Gasteiger partial charge in [0.25, 0.3) is 5.35 Å². The summed E-state index contributed by atoms with van der Waals surface area (Å²) < 4.78 is 28.7. The number of oxazole rings is 1. The smallest absolute Gasteiger partial charge is 0.293 e. The highest BCUT2D eigenvalue weighted by molar-refractivity contribution is 7.92. The first kappa shape index (κ1) is 12.4. The van der Waals surface area contributed by atoms with E-state index in [-0.39, 0.29) is 10.2 Å². The fourth-order valence-electron chi connectivity index (χ4n) is 1.40. The molecule has 0 fully saturated rings. The van der Waals surface area contributed by atoms with Gasteiger partial charge in [0.15, 0.2) is 15.4 Å². The third-order valence-corrected chi connectivity index (χ3v) is 5.10. The summed E-state index contributed by atoms with van der Waals surface area (Å²) in [4.78, 5) is 4.13. The van der Waals surface area contributed by atoms with Gasteiger partial charge in [0.2, 0.25) is 0 Å². The highest BCUT2D eigenvalue weighted by Crippen LogP contribution is 2.28. The Bertz CT molecular complexity index is 668. The van der Waals surface area contributed by atoms with Crippen molar-refractivity contribution in [1.82, 2.24) is 4.98 Å². The summed E-state index contributed by atoms with van der Waals surface area (Å²) in [6, 6.07) is 4.54. The Labute approximate surface area is 105 Å². The predicted molar refractivity (Wildman–Crippen MR) is 66.0 cm³/mol. The summed E-state index contributed by atoms with van der Waals surface area (Å²) in [5.74, 6) is 0. The Hall–Kier alpha value is -1.07. The topological polar surface area (TPSA) is 60.2 Å². The first-order valence-corrected chi connectivity index (χ1v) is 6.89. The Morgan fingerprint density at radius 1 is 1.29 bits per heavy atom. The molecule has 1 heterocycles. The lowest BCUT2D eigenvalue weighted by molar-refractivity contribution is 0.560. The van der Waals surface area contributed by atoms with Crippen molar-refractivity contribution in [2.45, 2.75) is 30.4 Å².